The zero-order valence-corrected chi connectivity index (χ0v) is 5.70. The third-order valence-corrected chi connectivity index (χ3v) is 1.20. The topological polar surface area (TPSA) is 43.8 Å². The van der Waals surface area contributed by atoms with E-state index in [4.69, 9.17) is 5.73 Å². The maximum atomic E-state index is 5.55. The fourth-order valence-corrected chi connectivity index (χ4v) is 0.676. The minimum atomic E-state index is 0.0474. The molecule has 1 heterocycles. The van der Waals surface area contributed by atoms with Crippen molar-refractivity contribution in [2.75, 3.05) is 0 Å². The van der Waals surface area contributed by atoms with Crippen LogP contribution in [0.15, 0.2) is 12.3 Å². The summed E-state index contributed by atoms with van der Waals surface area (Å²) >= 11 is 0. The van der Waals surface area contributed by atoms with Gasteiger partial charge in [0.2, 0.25) is 0 Å². The van der Waals surface area contributed by atoms with Gasteiger partial charge >= 0.3 is 0 Å². The van der Waals surface area contributed by atoms with Crippen LogP contribution >= 0.6 is 0 Å². The molecule has 50 valence electrons. The molecule has 0 bridgehead atoms. The van der Waals surface area contributed by atoms with E-state index in [1.54, 1.807) is 4.68 Å². The van der Waals surface area contributed by atoms with E-state index in [0.29, 0.717) is 0 Å². The lowest BCUT2D eigenvalue weighted by Crippen LogP contribution is -2.06. The molecule has 0 aliphatic heterocycles. The van der Waals surface area contributed by atoms with Crippen molar-refractivity contribution >= 4 is 0 Å². The molecule has 3 heteroatoms. The standard InChI is InChI=1S/C6H11N3/c1-5(7)6-3-4-9(2)8-6/h3-5H,7H2,1-2H3/t5-/m1/s1. The maximum absolute atomic E-state index is 5.55. The third kappa shape index (κ3) is 1.29. The number of rotatable bonds is 1. The highest BCUT2D eigenvalue weighted by Gasteiger charge is 1.99. The molecule has 0 spiro atoms. The summed E-state index contributed by atoms with van der Waals surface area (Å²) in [5.41, 5.74) is 6.49. The SMILES string of the molecule is C[C@@H](N)c1ccn(C)n1. The quantitative estimate of drug-likeness (QED) is 0.591. The molecule has 2 N–H and O–H groups in total. The Kier molecular flexibility index (Phi) is 1.53. The summed E-state index contributed by atoms with van der Waals surface area (Å²) in [5.74, 6) is 0. The van der Waals surface area contributed by atoms with Gasteiger partial charge in [0.15, 0.2) is 0 Å². The average molecular weight is 125 g/mol. The Hall–Kier alpha value is -0.830. The fraction of sp³-hybridized carbons (Fsp3) is 0.500. The first-order valence-electron chi connectivity index (χ1n) is 2.95. The Balaban J connectivity index is 2.85. The van der Waals surface area contributed by atoms with Crippen molar-refractivity contribution in [2.45, 2.75) is 13.0 Å². The summed E-state index contributed by atoms with van der Waals surface area (Å²) in [5, 5.41) is 4.10. The van der Waals surface area contributed by atoms with Crippen LogP contribution in [-0.2, 0) is 7.05 Å². The predicted molar refractivity (Wildman–Crippen MR) is 35.8 cm³/mol. The molecule has 1 rings (SSSR count). The van der Waals surface area contributed by atoms with Crippen LogP contribution in [0.4, 0.5) is 0 Å². The predicted octanol–water partition coefficient (Wildman–Crippen LogP) is 0.440. The van der Waals surface area contributed by atoms with E-state index >= 15 is 0 Å². The molecule has 9 heavy (non-hydrogen) atoms. The summed E-state index contributed by atoms with van der Waals surface area (Å²) in [7, 11) is 1.88. The summed E-state index contributed by atoms with van der Waals surface area (Å²) < 4.78 is 1.75. The van der Waals surface area contributed by atoms with Crippen molar-refractivity contribution in [3.8, 4) is 0 Å². The second-order valence-electron chi connectivity index (χ2n) is 2.20. The summed E-state index contributed by atoms with van der Waals surface area (Å²) in [6, 6.07) is 1.97. The number of nitrogens with zero attached hydrogens (tertiary/aromatic N) is 2. The Morgan fingerprint density at radius 1 is 1.78 bits per heavy atom. The van der Waals surface area contributed by atoms with Crippen LogP contribution in [0.3, 0.4) is 0 Å². The van der Waals surface area contributed by atoms with Crippen molar-refractivity contribution in [1.29, 1.82) is 0 Å². The Labute approximate surface area is 54.5 Å². The van der Waals surface area contributed by atoms with E-state index in [1.807, 2.05) is 26.2 Å². The highest BCUT2D eigenvalue weighted by atomic mass is 15.3. The molecule has 1 aromatic heterocycles. The average Bonchev–Trinajstić information content (AvgIpc) is 2.14. The summed E-state index contributed by atoms with van der Waals surface area (Å²) in [6.07, 6.45) is 1.89. The van der Waals surface area contributed by atoms with Gasteiger partial charge in [0.1, 0.15) is 0 Å². The molecule has 0 saturated carbocycles. The lowest BCUT2D eigenvalue weighted by atomic mass is 10.3. The monoisotopic (exact) mass is 125 g/mol. The Morgan fingerprint density at radius 2 is 2.44 bits per heavy atom. The van der Waals surface area contributed by atoms with Crippen molar-refractivity contribution in [2.24, 2.45) is 12.8 Å². The normalized spacial score (nSPS) is 13.7. The van der Waals surface area contributed by atoms with Crippen LogP contribution in [0, 0.1) is 0 Å². The first-order valence-corrected chi connectivity index (χ1v) is 2.95. The largest absolute Gasteiger partial charge is 0.323 e. The number of nitrogens with two attached hydrogens (primary N) is 1. The number of hydrogen-bond donors (Lipinski definition) is 1. The molecule has 0 radical (unpaired) electrons. The molecule has 0 aliphatic carbocycles. The van der Waals surface area contributed by atoms with Crippen LogP contribution < -0.4 is 5.73 Å². The first kappa shape index (κ1) is 6.29. The Bertz CT molecular complexity index is 190. The minimum Gasteiger partial charge on any atom is -0.323 e. The molecule has 3 nitrogen and oxygen atoms in total. The molecule has 0 fully saturated rings. The van der Waals surface area contributed by atoms with E-state index in [0.717, 1.165) is 5.69 Å². The van der Waals surface area contributed by atoms with Crippen molar-refractivity contribution in [3.63, 3.8) is 0 Å². The van der Waals surface area contributed by atoms with Crippen LogP contribution in [0.1, 0.15) is 18.7 Å². The van der Waals surface area contributed by atoms with Crippen molar-refractivity contribution in [3.05, 3.63) is 18.0 Å². The number of hydrogen-bond acceptors (Lipinski definition) is 2. The molecule has 0 unspecified atom stereocenters. The van der Waals surface area contributed by atoms with Gasteiger partial charge in [-0.2, -0.15) is 5.10 Å². The van der Waals surface area contributed by atoms with Gasteiger partial charge in [-0.1, -0.05) is 0 Å². The fourth-order valence-electron chi connectivity index (χ4n) is 0.676. The van der Waals surface area contributed by atoms with E-state index < -0.39 is 0 Å². The van der Waals surface area contributed by atoms with Gasteiger partial charge in [0, 0.05) is 19.3 Å². The summed E-state index contributed by atoms with van der Waals surface area (Å²) in [4.78, 5) is 0. The molecule has 1 aromatic rings. The van der Waals surface area contributed by atoms with Crippen LogP contribution in [0.2, 0.25) is 0 Å². The van der Waals surface area contributed by atoms with E-state index in [1.165, 1.54) is 0 Å². The van der Waals surface area contributed by atoms with E-state index in [9.17, 15) is 0 Å². The van der Waals surface area contributed by atoms with Gasteiger partial charge in [0.25, 0.3) is 0 Å². The highest BCUT2D eigenvalue weighted by Crippen LogP contribution is 2.03. The van der Waals surface area contributed by atoms with Crippen LogP contribution in [-0.4, -0.2) is 9.78 Å². The lowest BCUT2D eigenvalue weighted by molar-refractivity contribution is 0.699. The number of aromatic nitrogens is 2. The minimum absolute atomic E-state index is 0.0474. The van der Waals surface area contributed by atoms with Gasteiger partial charge < -0.3 is 5.73 Å². The first-order chi connectivity index (χ1) is 4.20. The zero-order chi connectivity index (χ0) is 6.85. The maximum Gasteiger partial charge on any atom is 0.0788 e. The lowest BCUT2D eigenvalue weighted by Gasteiger charge is -1.96. The van der Waals surface area contributed by atoms with Gasteiger partial charge in [0.05, 0.1) is 5.69 Å². The highest BCUT2D eigenvalue weighted by molar-refractivity contribution is 5.02. The molecule has 1 atom stereocenters. The van der Waals surface area contributed by atoms with Crippen LogP contribution in [0.25, 0.3) is 0 Å². The van der Waals surface area contributed by atoms with Gasteiger partial charge in [-0.3, -0.25) is 4.68 Å². The summed E-state index contributed by atoms with van der Waals surface area (Å²) in [6.45, 7) is 1.92. The van der Waals surface area contributed by atoms with Gasteiger partial charge in [-0.15, -0.1) is 0 Å². The Morgan fingerprint density at radius 3 is 2.67 bits per heavy atom. The van der Waals surface area contributed by atoms with Crippen LogP contribution in [0.5, 0.6) is 0 Å². The second kappa shape index (κ2) is 2.19. The number of aryl methyl sites for hydroxylation is 1. The molecule has 0 aliphatic rings. The third-order valence-electron chi connectivity index (χ3n) is 1.20. The molecular weight excluding hydrogens is 114 g/mol. The smallest absolute Gasteiger partial charge is 0.0788 e. The molecule has 0 aromatic carbocycles. The molecule has 0 amide bonds. The van der Waals surface area contributed by atoms with Crippen molar-refractivity contribution < 1.29 is 0 Å². The molecule has 0 saturated heterocycles. The van der Waals surface area contributed by atoms with E-state index in [-0.39, 0.29) is 6.04 Å². The van der Waals surface area contributed by atoms with Gasteiger partial charge in [-0.25, -0.2) is 0 Å². The van der Waals surface area contributed by atoms with Crippen molar-refractivity contribution in [1.82, 2.24) is 9.78 Å². The van der Waals surface area contributed by atoms with Gasteiger partial charge in [-0.05, 0) is 13.0 Å². The second-order valence-corrected chi connectivity index (χ2v) is 2.20. The zero-order valence-electron chi connectivity index (χ0n) is 5.70. The van der Waals surface area contributed by atoms with E-state index in [2.05, 4.69) is 5.10 Å². The molecular formula is C6H11N3.